The van der Waals surface area contributed by atoms with Crippen LogP contribution in [-0.4, -0.2) is 34.2 Å². The van der Waals surface area contributed by atoms with Crippen LogP contribution in [0, 0.1) is 34.5 Å². The van der Waals surface area contributed by atoms with Crippen molar-refractivity contribution < 1.29 is 9.53 Å². The summed E-state index contributed by atoms with van der Waals surface area (Å²) in [5, 5.41) is 19.9. The van der Waals surface area contributed by atoms with Crippen molar-refractivity contribution in [2.24, 2.45) is 28.9 Å². The number of carbonyl (C=O) groups excluding carboxylic acids is 1. The highest BCUT2D eigenvalue weighted by Gasteiger charge is 2.55. The molecule has 5 atom stereocenters. The van der Waals surface area contributed by atoms with Crippen molar-refractivity contribution in [3.63, 3.8) is 0 Å². The number of nitrogens with two attached hydrogens (primary N) is 1. The summed E-state index contributed by atoms with van der Waals surface area (Å²) in [7, 11) is 0. The van der Waals surface area contributed by atoms with Crippen LogP contribution in [0.25, 0.3) is 11.1 Å². The minimum absolute atomic E-state index is 0.134. The lowest BCUT2D eigenvalue weighted by Crippen LogP contribution is -2.60. The van der Waals surface area contributed by atoms with Gasteiger partial charge >= 0.3 is 6.09 Å². The number of carbonyl (C=O) groups is 1. The van der Waals surface area contributed by atoms with Gasteiger partial charge in [0.2, 0.25) is 5.95 Å². The van der Waals surface area contributed by atoms with Gasteiger partial charge in [0.25, 0.3) is 0 Å². The third-order valence-electron chi connectivity index (χ3n) is 9.50. The number of ether oxygens (including phenoxy) is 1. The number of nitriles is 1. The molecule has 4 bridgehead atoms. The minimum atomic E-state index is -0.508. The summed E-state index contributed by atoms with van der Waals surface area (Å²) in [6.07, 6.45) is 6.87. The fourth-order valence-electron chi connectivity index (χ4n) is 7.96. The molecule has 44 heavy (non-hydrogen) atoms. The number of benzene rings is 2. The van der Waals surface area contributed by atoms with E-state index in [9.17, 15) is 10.1 Å². The van der Waals surface area contributed by atoms with Crippen molar-refractivity contribution in [3.05, 3.63) is 71.4 Å². The van der Waals surface area contributed by atoms with E-state index in [0.29, 0.717) is 48.2 Å². The number of hydrogen-bond donors (Lipinski definition) is 4. The molecule has 0 aliphatic heterocycles. The zero-order valence-electron chi connectivity index (χ0n) is 25.9. The molecule has 1 aromatic heterocycles. The monoisotopic (exact) mass is 593 g/mol. The van der Waals surface area contributed by atoms with Crippen molar-refractivity contribution in [1.29, 1.82) is 5.26 Å². The second kappa shape index (κ2) is 12.1. The number of rotatable bonds is 9. The largest absolute Gasteiger partial charge is 0.444 e. The standard InChI is InChI=1S/C35H43N7O2/c1-34(2,3)44-33(43)41-30-27-12-24-13-28(30)16-35(14-24,15-27)21-40-31-29(18-37)20-39-32(42-31)38-19-23-7-5-9-26(11-23)25-8-4-6-22(10-25)17-36/h4-11,20,24,27-28,30H,12-17,19,21,36H2,1-3H3,(H,41,43)(H2,38,39,40,42)/t24?,27-,28+,30-,35-. The Morgan fingerprint density at radius 3 is 2.39 bits per heavy atom. The number of aromatic nitrogens is 2. The summed E-state index contributed by atoms with van der Waals surface area (Å²) in [5.41, 5.74) is 10.4. The van der Waals surface area contributed by atoms with Gasteiger partial charge in [-0.15, -0.1) is 0 Å². The molecular weight excluding hydrogens is 550 g/mol. The van der Waals surface area contributed by atoms with Gasteiger partial charge in [0.05, 0.1) is 6.20 Å². The Bertz CT molecular complexity index is 1540. The number of nitrogens with one attached hydrogen (secondary N) is 3. The Hall–Kier alpha value is -4.16. The average molecular weight is 594 g/mol. The molecule has 1 unspecified atom stereocenters. The normalized spacial score (nSPS) is 25.2. The quantitative estimate of drug-likeness (QED) is 0.230. The smallest absolute Gasteiger partial charge is 0.407 e. The Morgan fingerprint density at radius 1 is 1.05 bits per heavy atom. The van der Waals surface area contributed by atoms with Crippen molar-refractivity contribution in [2.45, 2.75) is 77.6 Å². The first-order valence-corrected chi connectivity index (χ1v) is 15.7. The van der Waals surface area contributed by atoms with Crippen LogP contribution in [0.5, 0.6) is 0 Å². The summed E-state index contributed by atoms with van der Waals surface area (Å²) in [4.78, 5) is 21.7. The molecule has 1 amide bonds. The predicted molar refractivity (Wildman–Crippen MR) is 171 cm³/mol. The maximum absolute atomic E-state index is 12.6. The maximum atomic E-state index is 12.6. The van der Waals surface area contributed by atoms with E-state index in [4.69, 9.17) is 15.5 Å². The molecule has 4 fully saturated rings. The SMILES string of the molecule is CC(C)(C)OC(=O)N[C@@H]1[C@@H]2CC3C[C@H]1C[C@@](CNc1nc(NCc4cccc(-c5cccc(CN)c5)c4)ncc1C#N)(C3)C2. The third kappa shape index (κ3) is 6.66. The number of hydrogen-bond acceptors (Lipinski definition) is 8. The number of anilines is 2. The number of nitrogens with zero attached hydrogens (tertiary/aromatic N) is 3. The molecule has 4 saturated carbocycles. The molecule has 7 rings (SSSR count). The van der Waals surface area contributed by atoms with Gasteiger partial charge in [0.1, 0.15) is 23.1 Å². The van der Waals surface area contributed by atoms with E-state index in [0.717, 1.165) is 54.5 Å². The van der Waals surface area contributed by atoms with E-state index in [1.807, 2.05) is 39.0 Å². The first-order valence-electron chi connectivity index (χ1n) is 15.7. The van der Waals surface area contributed by atoms with Crippen LogP contribution in [-0.2, 0) is 17.8 Å². The van der Waals surface area contributed by atoms with Crippen LogP contribution in [0.3, 0.4) is 0 Å². The van der Waals surface area contributed by atoms with Gasteiger partial charge in [-0.1, -0.05) is 36.4 Å². The fourth-order valence-corrected chi connectivity index (χ4v) is 7.96. The number of amides is 1. The molecule has 0 radical (unpaired) electrons. The van der Waals surface area contributed by atoms with Crippen LogP contribution in [0.2, 0.25) is 0 Å². The van der Waals surface area contributed by atoms with Crippen LogP contribution in [0.4, 0.5) is 16.6 Å². The molecule has 9 heteroatoms. The molecule has 0 spiro atoms. The maximum Gasteiger partial charge on any atom is 0.407 e. The molecule has 9 nitrogen and oxygen atoms in total. The second-order valence-electron chi connectivity index (χ2n) is 14.0. The predicted octanol–water partition coefficient (Wildman–Crippen LogP) is 6.22. The van der Waals surface area contributed by atoms with Gasteiger partial charge in [-0.25, -0.2) is 9.78 Å². The van der Waals surface area contributed by atoms with E-state index in [1.54, 1.807) is 6.20 Å². The zero-order valence-corrected chi connectivity index (χ0v) is 25.9. The van der Waals surface area contributed by atoms with Gasteiger partial charge in [-0.2, -0.15) is 10.2 Å². The number of alkyl carbamates (subject to hydrolysis) is 1. The first-order chi connectivity index (χ1) is 21.1. The summed E-state index contributed by atoms with van der Waals surface area (Å²) in [6.45, 7) is 7.51. The Labute approximate surface area is 260 Å². The Morgan fingerprint density at radius 2 is 1.73 bits per heavy atom. The van der Waals surface area contributed by atoms with Crippen LogP contribution < -0.4 is 21.7 Å². The topological polar surface area (TPSA) is 138 Å². The van der Waals surface area contributed by atoms with E-state index in [2.05, 4.69) is 57.3 Å². The van der Waals surface area contributed by atoms with E-state index >= 15 is 0 Å². The Kier molecular flexibility index (Phi) is 8.21. The van der Waals surface area contributed by atoms with Gasteiger partial charge < -0.3 is 26.4 Å². The molecular formula is C35H43N7O2. The highest BCUT2D eigenvalue weighted by atomic mass is 16.6. The minimum Gasteiger partial charge on any atom is -0.444 e. The molecule has 4 aliphatic rings. The average Bonchev–Trinajstić information content (AvgIpc) is 3.00. The second-order valence-corrected chi connectivity index (χ2v) is 14.0. The van der Waals surface area contributed by atoms with Gasteiger partial charge in [0, 0.05) is 25.7 Å². The summed E-state index contributed by atoms with van der Waals surface area (Å²) >= 11 is 0. The van der Waals surface area contributed by atoms with Gasteiger partial charge in [-0.3, -0.25) is 0 Å². The molecule has 2 aromatic carbocycles. The van der Waals surface area contributed by atoms with Crippen LogP contribution in [0.15, 0.2) is 54.7 Å². The molecule has 4 aliphatic carbocycles. The van der Waals surface area contributed by atoms with E-state index in [1.165, 1.54) is 6.42 Å². The van der Waals surface area contributed by atoms with Gasteiger partial charge in [-0.05, 0) is 110 Å². The lowest BCUT2D eigenvalue weighted by atomic mass is 9.48. The highest BCUT2D eigenvalue weighted by molar-refractivity contribution is 5.68. The highest BCUT2D eigenvalue weighted by Crippen LogP contribution is 2.60. The van der Waals surface area contributed by atoms with Crippen molar-refractivity contribution in [1.82, 2.24) is 15.3 Å². The van der Waals surface area contributed by atoms with E-state index in [-0.39, 0.29) is 17.6 Å². The molecule has 5 N–H and O–H groups in total. The molecule has 3 aromatic rings. The molecule has 230 valence electrons. The summed E-state index contributed by atoms with van der Waals surface area (Å²) in [5.74, 6) is 2.62. The summed E-state index contributed by atoms with van der Waals surface area (Å²) in [6, 6.07) is 19.1. The van der Waals surface area contributed by atoms with Crippen molar-refractivity contribution in [2.75, 3.05) is 17.2 Å². The molecule has 1 heterocycles. The van der Waals surface area contributed by atoms with Crippen molar-refractivity contribution >= 4 is 17.9 Å². The lowest BCUT2D eigenvalue weighted by molar-refractivity contribution is -0.0703. The zero-order chi connectivity index (χ0) is 30.9. The fraction of sp³-hybridized carbons (Fsp3) is 0.486. The Balaban J connectivity index is 1.10. The molecule has 0 saturated heterocycles. The van der Waals surface area contributed by atoms with E-state index < -0.39 is 5.60 Å². The van der Waals surface area contributed by atoms with Gasteiger partial charge in [0.15, 0.2) is 0 Å². The third-order valence-corrected chi connectivity index (χ3v) is 9.50. The first kappa shape index (κ1) is 29.9. The van der Waals surface area contributed by atoms with Crippen LogP contribution in [0.1, 0.15) is 69.6 Å². The van der Waals surface area contributed by atoms with Crippen molar-refractivity contribution in [3.8, 4) is 17.2 Å². The van der Waals surface area contributed by atoms with Crippen LogP contribution >= 0.6 is 0 Å². The summed E-state index contributed by atoms with van der Waals surface area (Å²) < 4.78 is 5.58. The lowest BCUT2D eigenvalue weighted by Gasteiger charge is -2.60.